The summed E-state index contributed by atoms with van der Waals surface area (Å²) < 4.78 is 30.4. The zero-order valence-electron chi connectivity index (χ0n) is 23.0. The van der Waals surface area contributed by atoms with Gasteiger partial charge in [-0.1, -0.05) is 12.1 Å². The number of hydrogen-bond donors (Lipinski definition) is 3. The number of carbonyl (C=O) groups excluding carboxylic acids is 1. The molecule has 9 nitrogen and oxygen atoms in total. The van der Waals surface area contributed by atoms with Crippen LogP contribution in [0.5, 0.6) is 0 Å². The predicted octanol–water partition coefficient (Wildman–Crippen LogP) is 5.14. The van der Waals surface area contributed by atoms with Crippen molar-refractivity contribution < 1.29 is 13.6 Å². The molecule has 2 heterocycles. The molecule has 0 radical (unpaired) electrons. The topological polar surface area (TPSA) is 152 Å². The van der Waals surface area contributed by atoms with Gasteiger partial charge in [0.2, 0.25) is 5.43 Å². The van der Waals surface area contributed by atoms with Crippen LogP contribution in [0.2, 0.25) is 0 Å². The lowest BCUT2D eigenvalue weighted by molar-refractivity contribution is 0.102. The number of aliphatic imine (C=N–C) groups is 1. The van der Waals surface area contributed by atoms with Crippen LogP contribution in [-0.2, 0) is 0 Å². The number of amides is 1. The normalized spacial score (nSPS) is 11.6. The van der Waals surface area contributed by atoms with Gasteiger partial charge in [-0.2, -0.15) is 5.26 Å². The summed E-state index contributed by atoms with van der Waals surface area (Å²) in [5.74, 6) is -1.95. The first-order chi connectivity index (χ1) is 20.1. The molecule has 0 aliphatic rings. The quantitative estimate of drug-likeness (QED) is 0.263. The lowest BCUT2D eigenvalue weighted by Crippen LogP contribution is -2.27. The second kappa shape index (κ2) is 12.3. The van der Waals surface area contributed by atoms with E-state index < -0.39 is 23.0 Å². The number of aromatic nitrogens is 2. The third-order valence-corrected chi connectivity index (χ3v) is 6.49. The summed E-state index contributed by atoms with van der Waals surface area (Å²) in [6.45, 7) is 3.57. The molecule has 2 aromatic carbocycles. The zero-order valence-corrected chi connectivity index (χ0v) is 23.0. The summed E-state index contributed by atoms with van der Waals surface area (Å²) in [7, 11) is 1.58. The average Bonchev–Trinajstić information content (AvgIpc) is 2.96. The van der Waals surface area contributed by atoms with E-state index in [-0.39, 0.29) is 45.5 Å². The number of nitrogen functional groups attached to an aromatic ring is 1. The summed E-state index contributed by atoms with van der Waals surface area (Å²) in [5, 5.41) is 12.4. The second-order valence-electron chi connectivity index (χ2n) is 9.53. The molecule has 0 saturated heterocycles. The second-order valence-corrected chi connectivity index (χ2v) is 9.53. The van der Waals surface area contributed by atoms with Crippen LogP contribution in [0.4, 0.5) is 20.3 Å². The predicted molar refractivity (Wildman–Crippen MR) is 160 cm³/mol. The van der Waals surface area contributed by atoms with Crippen LogP contribution in [0, 0.1) is 23.0 Å². The van der Waals surface area contributed by atoms with Gasteiger partial charge >= 0.3 is 0 Å². The van der Waals surface area contributed by atoms with Crippen molar-refractivity contribution in [1.29, 1.82) is 5.26 Å². The molecule has 1 amide bonds. The van der Waals surface area contributed by atoms with Gasteiger partial charge in [0.05, 0.1) is 5.56 Å². The number of pyridine rings is 2. The number of halogens is 2. The van der Waals surface area contributed by atoms with Crippen molar-refractivity contribution in [2.24, 2.45) is 10.7 Å². The number of nitriles is 1. The Balaban J connectivity index is 1.74. The molecule has 0 saturated carbocycles. The van der Waals surface area contributed by atoms with E-state index in [0.29, 0.717) is 16.7 Å². The Labute approximate surface area is 240 Å². The minimum absolute atomic E-state index is 0.0276. The van der Waals surface area contributed by atoms with E-state index in [4.69, 9.17) is 11.5 Å². The number of allylic oxidation sites excluding steroid dienone is 1. The van der Waals surface area contributed by atoms with E-state index in [1.54, 1.807) is 27.0 Å². The van der Waals surface area contributed by atoms with Crippen LogP contribution in [0.25, 0.3) is 27.8 Å². The van der Waals surface area contributed by atoms with Gasteiger partial charge in [-0.05, 0) is 55.8 Å². The van der Waals surface area contributed by atoms with Gasteiger partial charge in [0.15, 0.2) is 0 Å². The van der Waals surface area contributed by atoms with Gasteiger partial charge in [0.25, 0.3) is 5.91 Å². The summed E-state index contributed by atoms with van der Waals surface area (Å²) in [6.07, 6.45) is 5.66. The van der Waals surface area contributed by atoms with Crippen molar-refractivity contribution in [1.82, 2.24) is 9.55 Å². The smallest absolute Gasteiger partial charge is 0.261 e. The van der Waals surface area contributed by atoms with E-state index in [1.807, 2.05) is 6.07 Å². The molecule has 0 atom stereocenters. The summed E-state index contributed by atoms with van der Waals surface area (Å²) in [5.41, 5.74) is 12.6. The molecule has 11 heteroatoms. The molecule has 0 aliphatic heterocycles. The highest BCUT2D eigenvalue weighted by Gasteiger charge is 2.23. The standard InChI is InChI=1S/C31H27F2N7O2/c1-17(2)40-16-25(29(41)28(27(40)13-35)18-4-6-21(32)7-5-18)31(42)39-22-8-9-23(26(33)11-22)24-10-19(15-38-30(24)36)20(12-34)14-37-3/h4-12,14-17H,34H2,1-3H3,(H2,36,38)(H,39,42). The van der Waals surface area contributed by atoms with Gasteiger partial charge in [-0.15, -0.1) is 0 Å². The largest absolute Gasteiger partial charge is 0.404 e. The van der Waals surface area contributed by atoms with Crippen molar-refractivity contribution in [2.45, 2.75) is 19.9 Å². The summed E-state index contributed by atoms with van der Waals surface area (Å²) >= 11 is 0. The lowest BCUT2D eigenvalue weighted by Gasteiger charge is -2.18. The zero-order chi connectivity index (χ0) is 30.6. The number of rotatable bonds is 7. The number of benzene rings is 2. The number of anilines is 2. The van der Waals surface area contributed by atoms with Crippen LogP contribution in [-0.4, -0.2) is 28.7 Å². The van der Waals surface area contributed by atoms with E-state index in [9.17, 15) is 19.2 Å². The molecule has 0 spiro atoms. The molecule has 4 rings (SSSR count). The fourth-order valence-corrected chi connectivity index (χ4v) is 4.41. The van der Waals surface area contributed by atoms with Crippen LogP contribution >= 0.6 is 0 Å². The highest BCUT2D eigenvalue weighted by molar-refractivity contribution is 6.10. The van der Waals surface area contributed by atoms with Crippen molar-refractivity contribution in [2.75, 3.05) is 18.1 Å². The molecule has 0 fully saturated rings. The van der Waals surface area contributed by atoms with E-state index >= 15 is 4.39 Å². The molecule has 0 bridgehead atoms. The number of hydrogen-bond acceptors (Lipinski definition) is 7. The maximum absolute atomic E-state index is 15.4. The first-order valence-corrected chi connectivity index (χ1v) is 12.8. The van der Waals surface area contributed by atoms with Crippen molar-refractivity contribution in [3.05, 3.63) is 106 Å². The lowest BCUT2D eigenvalue weighted by atomic mass is 9.99. The van der Waals surface area contributed by atoms with E-state index in [1.165, 1.54) is 53.6 Å². The highest BCUT2D eigenvalue weighted by atomic mass is 19.1. The molecule has 2 aromatic heterocycles. The summed E-state index contributed by atoms with van der Waals surface area (Å²) in [6, 6.07) is 12.4. The van der Waals surface area contributed by atoms with E-state index in [2.05, 4.69) is 15.3 Å². The highest BCUT2D eigenvalue weighted by Crippen LogP contribution is 2.31. The maximum atomic E-state index is 15.4. The molecule has 4 aromatic rings. The van der Waals surface area contributed by atoms with Gasteiger partial charge in [0.1, 0.15) is 34.8 Å². The van der Waals surface area contributed by atoms with Crippen LogP contribution in [0.15, 0.2) is 76.9 Å². The molecule has 0 aliphatic carbocycles. The maximum Gasteiger partial charge on any atom is 0.261 e. The fraction of sp³-hybridized carbons (Fsp3) is 0.129. The summed E-state index contributed by atoms with van der Waals surface area (Å²) in [4.78, 5) is 34.9. The fourth-order valence-electron chi connectivity index (χ4n) is 4.41. The van der Waals surface area contributed by atoms with Crippen LogP contribution < -0.4 is 22.2 Å². The minimum atomic E-state index is -0.811. The Morgan fingerprint density at radius 1 is 1.14 bits per heavy atom. The Hall–Kier alpha value is -5.63. The van der Waals surface area contributed by atoms with Crippen molar-refractivity contribution >= 4 is 29.2 Å². The SMILES string of the molecule is CN=CC(=CN)c1cnc(N)c(-c2ccc(NC(=O)c3cn(C(C)C)c(C#N)c(-c4ccc(F)cc4)c3=O)cc2F)c1. The van der Waals surface area contributed by atoms with Crippen molar-refractivity contribution in [3.8, 4) is 28.3 Å². The van der Waals surface area contributed by atoms with Gasteiger partial charge in [-0.3, -0.25) is 14.6 Å². The van der Waals surface area contributed by atoms with Gasteiger partial charge in [0, 0.05) is 65.8 Å². The average molecular weight is 568 g/mol. The number of nitrogens with two attached hydrogens (primary N) is 2. The monoisotopic (exact) mass is 567 g/mol. The molecule has 5 N–H and O–H groups in total. The van der Waals surface area contributed by atoms with Gasteiger partial charge < -0.3 is 21.4 Å². The van der Waals surface area contributed by atoms with Crippen LogP contribution in [0.1, 0.15) is 41.5 Å². The number of nitrogens with zero attached hydrogens (tertiary/aromatic N) is 4. The Bertz CT molecular complexity index is 1840. The molecule has 42 heavy (non-hydrogen) atoms. The van der Waals surface area contributed by atoms with Gasteiger partial charge in [-0.25, -0.2) is 13.8 Å². The number of carbonyl (C=O) groups is 1. The third kappa shape index (κ3) is 5.78. The Morgan fingerprint density at radius 3 is 2.45 bits per heavy atom. The van der Waals surface area contributed by atoms with Crippen LogP contribution in [0.3, 0.4) is 0 Å². The third-order valence-electron chi connectivity index (χ3n) is 6.49. The molecular weight excluding hydrogens is 540 g/mol. The Kier molecular flexibility index (Phi) is 8.57. The molecule has 212 valence electrons. The molecular formula is C31H27F2N7O2. The van der Waals surface area contributed by atoms with Crippen molar-refractivity contribution in [3.63, 3.8) is 0 Å². The first-order valence-electron chi connectivity index (χ1n) is 12.8. The Morgan fingerprint density at radius 2 is 1.86 bits per heavy atom. The molecule has 0 unspecified atom stereocenters. The number of nitrogens with one attached hydrogen (secondary N) is 1. The minimum Gasteiger partial charge on any atom is -0.404 e. The first kappa shape index (κ1) is 29.4. The van der Waals surface area contributed by atoms with E-state index in [0.717, 1.165) is 18.2 Å².